The maximum absolute atomic E-state index is 12.7. The van der Waals surface area contributed by atoms with E-state index in [4.69, 9.17) is 10.00 Å². The zero-order valence-corrected chi connectivity index (χ0v) is 17.2. The number of nitriles is 1. The molecular formula is C26H25NO2. The quantitative estimate of drug-likeness (QED) is 0.520. The van der Waals surface area contributed by atoms with Crippen molar-refractivity contribution in [3.05, 3.63) is 70.8 Å². The Kier molecular flexibility index (Phi) is 4.71. The summed E-state index contributed by atoms with van der Waals surface area (Å²) in [5, 5.41) is 8.84. The summed E-state index contributed by atoms with van der Waals surface area (Å²) in [5.41, 5.74) is 3.16. The maximum atomic E-state index is 12.7. The number of ether oxygens (including phenoxy) is 1. The number of hydrogen-bond acceptors (Lipinski definition) is 3. The Hall–Kier alpha value is -3.04. The van der Waals surface area contributed by atoms with Gasteiger partial charge in [0.2, 0.25) is 0 Å². The monoisotopic (exact) mass is 383 g/mol. The van der Waals surface area contributed by atoms with E-state index in [1.165, 1.54) is 6.42 Å². The third-order valence-electron chi connectivity index (χ3n) is 7.45. The molecule has 3 heteroatoms. The van der Waals surface area contributed by atoms with E-state index >= 15 is 0 Å². The number of hydrogen-bond donors (Lipinski definition) is 0. The van der Waals surface area contributed by atoms with Gasteiger partial charge in [0.25, 0.3) is 0 Å². The minimum Gasteiger partial charge on any atom is -0.458 e. The van der Waals surface area contributed by atoms with E-state index in [-0.39, 0.29) is 22.9 Å². The van der Waals surface area contributed by atoms with Gasteiger partial charge in [-0.25, -0.2) is 4.79 Å². The van der Waals surface area contributed by atoms with Crippen molar-refractivity contribution in [3.8, 4) is 17.9 Å². The molecular weight excluding hydrogens is 358 g/mol. The molecule has 0 radical (unpaired) electrons. The van der Waals surface area contributed by atoms with Crippen molar-refractivity contribution >= 4 is 5.97 Å². The summed E-state index contributed by atoms with van der Waals surface area (Å²) in [6.45, 7) is 6.92. The number of benzene rings is 2. The van der Waals surface area contributed by atoms with Crippen molar-refractivity contribution in [2.75, 3.05) is 0 Å². The molecule has 29 heavy (non-hydrogen) atoms. The van der Waals surface area contributed by atoms with E-state index in [0.29, 0.717) is 17.0 Å². The van der Waals surface area contributed by atoms with Crippen LogP contribution in [0.1, 0.15) is 67.1 Å². The number of nitrogens with zero attached hydrogens (tertiary/aromatic N) is 1. The van der Waals surface area contributed by atoms with Gasteiger partial charge < -0.3 is 4.74 Å². The minimum atomic E-state index is -0.244. The van der Waals surface area contributed by atoms with Gasteiger partial charge in [-0.05, 0) is 79.1 Å². The van der Waals surface area contributed by atoms with E-state index in [2.05, 4.69) is 38.7 Å². The Morgan fingerprint density at radius 3 is 2.00 bits per heavy atom. The van der Waals surface area contributed by atoms with Crippen molar-refractivity contribution in [1.29, 1.82) is 5.26 Å². The summed E-state index contributed by atoms with van der Waals surface area (Å²) < 4.78 is 5.96. The molecule has 0 aromatic heterocycles. The summed E-state index contributed by atoms with van der Waals surface area (Å²) in [6.07, 6.45) is 3.35. The van der Waals surface area contributed by atoms with E-state index in [9.17, 15) is 4.79 Å². The van der Waals surface area contributed by atoms with Crippen LogP contribution in [0.5, 0.6) is 0 Å². The smallest absolute Gasteiger partial charge is 0.338 e. The molecule has 146 valence electrons. The first-order chi connectivity index (χ1) is 13.8. The Labute approximate surface area is 172 Å². The molecule has 0 saturated heterocycles. The van der Waals surface area contributed by atoms with Gasteiger partial charge in [0.1, 0.15) is 6.10 Å². The highest BCUT2D eigenvalue weighted by Gasteiger charge is 2.62. The number of carbonyl (C=O) groups excluding carboxylic acids is 1. The molecule has 3 nitrogen and oxygen atoms in total. The first-order valence-electron chi connectivity index (χ1n) is 10.2. The zero-order valence-electron chi connectivity index (χ0n) is 17.2. The van der Waals surface area contributed by atoms with E-state index in [1.807, 2.05) is 24.3 Å². The van der Waals surface area contributed by atoms with Crippen LogP contribution in [0, 0.1) is 39.9 Å². The van der Waals surface area contributed by atoms with Gasteiger partial charge in [0.15, 0.2) is 0 Å². The van der Waals surface area contributed by atoms with E-state index in [1.54, 1.807) is 24.3 Å². The molecule has 2 aromatic carbocycles. The zero-order chi connectivity index (χ0) is 20.6. The van der Waals surface area contributed by atoms with Crippen LogP contribution in [-0.2, 0) is 4.74 Å². The third-order valence-corrected chi connectivity index (χ3v) is 7.45. The SMILES string of the molecule is CC1(C)C2CCC1(C)C(OC(=O)c1ccc(C#Cc3ccc(C#N)cc3)cc1)C2. The molecule has 3 atom stereocenters. The fraction of sp³-hybridized carbons (Fsp3) is 0.385. The molecule has 2 aliphatic rings. The molecule has 0 aliphatic heterocycles. The molecule has 4 rings (SSSR count). The van der Waals surface area contributed by atoms with Crippen molar-refractivity contribution in [3.63, 3.8) is 0 Å². The van der Waals surface area contributed by atoms with Crippen molar-refractivity contribution in [2.24, 2.45) is 16.7 Å². The lowest BCUT2D eigenvalue weighted by Crippen LogP contribution is -2.38. The highest BCUT2D eigenvalue weighted by Crippen LogP contribution is 2.66. The predicted octanol–water partition coefficient (Wildman–Crippen LogP) is 5.33. The van der Waals surface area contributed by atoms with Crippen molar-refractivity contribution in [1.82, 2.24) is 0 Å². The summed E-state index contributed by atoms with van der Waals surface area (Å²) in [7, 11) is 0. The number of esters is 1. The van der Waals surface area contributed by atoms with Crippen molar-refractivity contribution in [2.45, 2.75) is 46.1 Å². The molecule has 2 aliphatic carbocycles. The van der Waals surface area contributed by atoms with Gasteiger partial charge in [0, 0.05) is 16.5 Å². The predicted molar refractivity (Wildman–Crippen MR) is 112 cm³/mol. The lowest BCUT2D eigenvalue weighted by Gasteiger charge is -2.38. The second kappa shape index (κ2) is 7.09. The largest absolute Gasteiger partial charge is 0.458 e. The van der Waals surface area contributed by atoms with Gasteiger partial charge in [-0.1, -0.05) is 32.6 Å². The van der Waals surface area contributed by atoms with Gasteiger partial charge >= 0.3 is 5.97 Å². The summed E-state index contributed by atoms with van der Waals surface area (Å²) in [4.78, 5) is 12.7. The van der Waals surface area contributed by atoms with Gasteiger partial charge in [-0.2, -0.15) is 5.26 Å². The van der Waals surface area contributed by atoms with Crippen LogP contribution in [0.25, 0.3) is 0 Å². The second-order valence-electron chi connectivity index (χ2n) is 9.02. The van der Waals surface area contributed by atoms with Gasteiger partial charge in [-0.15, -0.1) is 0 Å². The van der Waals surface area contributed by atoms with Crippen LogP contribution in [-0.4, -0.2) is 12.1 Å². The lowest BCUT2D eigenvalue weighted by atomic mass is 9.70. The molecule has 2 saturated carbocycles. The first kappa shape index (κ1) is 19.3. The van der Waals surface area contributed by atoms with Crippen LogP contribution >= 0.6 is 0 Å². The van der Waals surface area contributed by atoms with Gasteiger partial charge in [-0.3, -0.25) is 0 Å². The average Bonchev–Trinajstić information content (AvgIpc) is 3.06. The Morgan fingerprint density at radius 2 is 1.52 bits per heavy atom. The highest BCUT2D eigenvalue weighted by atomic mass is 16.5. The lowest BCUT2D eigenvalue weighted by molar-refractivity contribution is -0.0242. The van der Waals surface area contributed by atoms with E-state index < -0.39 is 0 Å². The molecule has 0 heterocycles. The topological polar surface area (TPSA) is 50.1 Å². The van der Waals surface area contributed by atoms with Crippen LogP contribution in [0.4, 0.5) is 0 Å². The fourth-order valence-electron chi connectivity index (χ4n) is 4.97. The maximum Gasteiger partial charge on any atom is 0.338 e. The Morgan fingerprint density at radius 1 is 0.966 bits per heavy atom. The van der Waals surface area contributed by atoms with Crippen LogP contribution in [0.15, 0.2) is 48.5 Å². The first-order valence-corrected chi connectivity index (χ1v) is 10.2. The Bertz CT molecular complexity index is 1030. The molecule has 0 N–H and O–H groups in total. The summed E-state index contributed by atoms with van der Waals surface area (Å²) in [5.74, 6) is 6.57. The van der Waals surface area contributed by atoms with Crippen molar-refractivity contribution < 1.29 is 9.53 Å². The second-order valence-corrected chi connectivity index (χ2v) is 9.02. The summed E-state index contributed by atoms with van der Waals surface area (Å²) >= 11 is 0. The van der Waals surface area contributed by atoms with E-state index in [0.717, 1.165) is 24.0 Å². The molecule has 2 fully saturated rings. The molecule has 0 spiro atoms. The molecule has 2 aromatic rings. The minimum absolute atomic E-state index is 0.000370. The number of carbonyl (C=O) groups is 1. The Balaban J connectivity index is 1.43. The third kappa shape index (κ3) is 3.32. The standard InChI is InChI=1S/C26H25NO2/c1-25(2)22-14-15-26(25,3)23(16-22)29-24(28)21-12-10-19(11-13-21)5-4-18-6-8-20(17-27)9-7-18/h6-13,22-23H,14-16H2,1-3H3. The highest BCUT2D eigenvalue weighted by molar-refractivity contribution is 5.89. The van der Waals surface area contributed by atoms with Crippen LogP contribution < -0.4 is 0 Å². The number of rotatable bonds is 2. The average molecular weight is 383 g/mol. The molecule has 0 amide bonds. The summed E-state index contributed by atoms with van der Waals surface area (Å²) in [6, 6.07) is 16.5. The number of fused-ring (bicyclic) bond motifs is 2. The molecule has 2 bridgehead atoms. The van der Waals surface area contributed by atoms with Gasteiger partial charge in [0.05, 0.1) is 17.2 Å². The molecule has 3 unspecified atom stereocenters. The normalized spacial score (nSPS) is 26.3. The fourth-order valence-corrected chi connectivity index (χ4v) is 4.97. The van der Waals surface area contributed by atoms with Crippen LogP contribution in [0.2, 0.25) is 0 Å². The van der Waals surface area contributed by atoms with Crippen LogP contribution in [0.3, 0.4) is 0 Å².